The molecule has 0 radical (unpaired) electrons. The lowest BCUT2D eigenvalue weighted by Crippen LogP contribution is -2.74. The lowest BCUT2D eigenvalue weighted by molar-refractivity contribution is -0.181. The highest BCUT2D eigenvalue weighted by atomic mass is 16.3. The molecule has 3 aliphatic carbocycles. The molecule has 4 N–H and O–H groups in total. The van der Waals surface area contributed by atoms with E-state index in [1.165, 1.54) is 31.1 Å². The van der Waals surface area contributed by atoms with Crippen LogP contribution in [0.15, 0.2) is 12.1 Å². The van der Waals surface area contributed by atoms with Crippen LogP contribution in [0.5, 0.6) is 5.75 Å². The van der Waals surface area contributed by atoms with Gasteiger partial charge in [0.2, 0.25) is 5.91 Å². The molecule has 2 saturated carbocycles. The first-order chi connectivity index (χ1) is 17.6. The minimum Gasteiger partial charge on any atom is -0.507 e. The number of likely N-dealkylation sites (N-methyl/N-ethyl adjacent to an activating group) is 2. The van der Waals surface area contributed by atoms with E-state index in [0.29, 0.717) is 5.56 Å². The van der Waals surface area contributed by atoms with Gasteiger partial charge in [0.05, 0.1) is 24.1 Å². The van der Waals surface area contributed by atoms with Gasteiger partial charge in [0.25, 0.3) is 0 Å². The van der Waals surface area contributed by atoms with Crippen LogP contribution in [-0.4, -0.2) is 100 Å². The highest BCUT2D eigenvalue weighted by Gasteiger charge is 2.69. The van der Waals surface area contributed by atoms with Gasteiger partial charge in [-0.3, -0.25) is 38.6 Å². The topological polar surface area (TPSA) is 175 Å². The predicted molar refractivity (Wildman–Crippen MR) is 133 cm³/mol. The third-order valence-electron chi connectivity index (χ3n) is 8.52. The molecule has 2 fully saturated rings. The number of carbonyl (C=O) groups excluding carboxylic acids is 6. The van der Waals surface area contributed by atoms with Gasteiger partial charge in [-0.25, -0.2) is 0 Å². The normalized spacial score (nSPS) is 30.9. The number of aliphatic hydroxyl groups is 1. The Labute approximate surface area is 219 Å². The van der Waals surface area contributed by atoms with Crippen LogP contribution in [0.4, 0.5) is 0 Å². The quantitative estimate of drug-likeness (QED) is 0.320. The number of rotatable bonds is 6. The standard InChI is InChI=1S/C27H33N3O8/c1-11(2)30(5)10-17(32)13-6-7-16(31)19-14(13)8-12-9-15-21(29(3)4)23(34)20(26(28)37)25(36)27(15,38)24(35)18(12)22(19)33/h6-7,11-12,15,18,20-21,31,38H,8-10H2,1-5H3,(H2,28,37)/t12-,15-,18?,20?,21-,27-/m0/s1. The Kier molecular flexibility index (Phi) is 6.92. The van der Waals surface area contributed by atoms with E-state index in [2.05, 4.69) is 0 Å². The second-order valence-electron chi connectivity index (χ2n) is 11.2. The van der Waals surface area contributed by atoms with Crippen molar-refractivity contribution in [3.05, 3.63) is 28.8 Å². The number of amides is 1. The first kappa shape index (κ1) is 27.7. The predicted octanol–water partition coefficient (Wildman–Crippen LogP) is -0.610. The number of hydrogen-bond donors (Lipinski definition) is 3. The molecule has 1 aromatic carbocycles. The number of phenolic OH excluding ortho intramolecular Hbond substituents is 1. The number of ketones is 5. The lowest BCUT2D eigenvalue weighted by Gasteiger charge is -2.52. The maximum Gasteiger partial charge on any atom is 0.235 e. The molecule has 0 aromatic heterocycles. The van der Waals surface area contributed by atoms with Gasteiger partial charge < -0.3 is 15.9 Å². The molecule has 38 heavy (non-hydrogen) atoms. The summed E-state index contributed by atoms with van der Waals surface area (Å²) in [4.78, 5) is 82.5. The van der Waals surface area contributed by atoms with Gasteiger partial charge in [0, 0.05) is 17.5 Å². The third-order valence-corrected chi connectivity index (χ3v) is 8.52. The largest absolute Gasteiger partial charge is 0.507 e. The maximum atomic E-state index is 13.8. The molecule has 3 aliphatic rings. The van der Waals surface area contributed by atoms with Crippen LogP contribution >= 0.6 is 0 Å². The number of phenols is 1. The number of hydrogen-bond acceptors (Lipinski definition) is 10. The third kappa shape index (κ3) is 3.91. The van der Waals surface area contributed by atoms with Crippen molar-refractivity contribution in [3.63, 3.8) is 0 Å². The van der Waals surface area contributed by atoms with Crippen molar-refractivity contribution in [1.82, 2.24) is 9.80 Å². The smallest absolute Gasteiger partial charge is 0.235 e. The van der Waals surface area contributed by atoms with E-state index in [1.807, 2.05) is 18.7 Å². The lowest BCUT2D eigenvalue weighted by atomic mass is 9.52. The van der Waals surface area contributed by atoms with E-state index in [9.17, 15) is 39.0 Å². The summed E-state index contributed by atoms with van der Waals surface area (Å²) in [6.45, 7) is 3.93. The number of primary amides is 1. The fourth-order valence-corrected chi connectivity index (χ4v) is 6.36. The van der Waals surface area contributed by atoms with E-state index < -0.39 is 70.1 Å². The summed E-state index contributed by atoms with van der Waals surface area (Å²) < 4.78 is 0. The molecular formula is C27H33N3O8. The van der Waals surface area contributed by atoms with Crippen LogP contribution in [0, 0.1) is 23.7 Å². The van der Waals surface area contributed by atoms with Gasteiger partial charge in [-0.05, 0) is 71.4 Å². The van der Waals surface area contributed by atoms with Gasteiger partial charge in [-0.2, -0.15) is 0 Å². The van der Waals surface area contributed by atoms with Crippen molar-refractivity contribution >= 4 is 34.8 Å². The highest BCUT2D eigenvalue weighted by molar-refractivity contribution is 6.32. The van der Waals surface area contributed by atoms with Crippen molar-refractivity contribution < 1.29 is 39.0 Å². The number of fused-ring (bicyclic) bond motifs is 3. The van der Waals surface area contributed by atoms with Crippen LogP contribution < -0.4 is 5.73 Å². The molecule has 6 atom stereocenters. The van der Waals surface area contributed by atoms with E-state index >= 15 is 0 Å². The zero-order chi connectivity index (χ0) is 28.4. The summed E-state index contributed by atoms with van der Waals surface area (Å²) in [5.41, 5.74) is 2.91. The SMILES string of the molecule is CC(C)N(C)CC(=O)c1ccc(O)c2c1C[C@H]1C[C@H]3[C@H](N(C)C)C(=O)C(C(N)=O)C(=O)[C@@]3(O)C(=O)C1C2=O. The fraction of sp³-hybridized carbons (Fsp3) is 0.556. The molecular weight excluding hydrogens is 494 g/mol. The number of carbonyl (C=O) groups is 6. The Balaban J connectivity index is 1.82. The van der Waals surface area contributed by atoms with Crippen molar-refractivity contribution in [2.45, 2.75) is 44.4 Å². The van der Waals surface area contributed by atoms with Crippen LogP contribution in [0.2, 0.25) is 0 Å². The Morgan fingerprint density at radius 2 is 1.74 bits per heavy atom. The zero-order valence-electron chi connectivity index (χ0n) is 22.1. The van der Waals surface area contributed by atoms with Crippen molar-refractivity contribution in [2.75, 3.05) is 27.7 Å². The Morgan fingerprint density at radius 1 is 1.11 bits per heavy atom. The number of aromatic hydroxyl groups is 1. The van der Waals surface area contributed by atoms with Crippen molar-refractivity contribution in [1.29, 1.82) is 0 Å². The Hall–Kier alpha value is -3.28. The summed E-state index contributed by atoms with van der Waals surface area (Å²) in [5.74, 6) is -11.5. The van der Waals surface area contributed by atoms with Crippen molar-refractivity contribution in [3.8, 4) is 5.75 Å². The molecule has 0 heterocycles. The number of Topliss-reactive ketones (excluding diaryl/α,β-unsaturated/α-hetero) is 5. The molecule has 2 unspecified atom stereocenters. The second kappa shape index (κ2) is 9.48. The van der Waals surface area contributed by atoms with E-state index in [0.717, 1.165) is 0 Å². The molecule has 1 aromatic rings. The zero-order valence-corrected chi connectivity index (χ0v) is 22.1. The summed E-state index contributed by atoms with van der Waals surface area (Å²) in [7, 11) is 4.83. The molecule has 1 amide bonds. The monoisotopic (exact) mass is 527 g/mol. The van der Waals surface area contributed by atoms with Gasteiger partial charge in [-0.15, -0.1) is 0 Å². The van der Waals surface area contributed by atoms with Crippen LogP contribution in [-0.2, 0) is 25.6 Å². The summed E-state index contributed by atoms with van der Waals surface area (Å²) in [6.07, 6.45) is -0.0220. The van der Waals surface area contributed by atoms with E-state index in [1.54, 1.807) is 7.05 Å². The Bertz CT molecular complexity index is 1270. The van der Waals surface area contributed by atoms with Gasteiger partial charge in [-0.1, -0.05) is 0 Å². The molecule has 11 nitrogen and oxygen atoms in total. The molecule has 11 heteroatoms. The minimum atomic E-state index is -2.78. The highest BCUT2D eigenvalue weighted by Crippen LogP contribution is 2.51. The average molecular weight is 528 g/mol. The molecule has 0 bridgehead atoms. The summed E-state index contributed by atoms with van der Waals surface area (Å²) in [5, 5.41) is 22.2. The number of nitrogens with two attached hydrogens (primary N) is 1. The average Bonchev–Trinajstić information content (AvgIpc) is 2.80. The maximum absolute atomic E-state index is 13.8. The Morgan fingerprint density at radius 3 is 2.29 bits per heavy atom. The number of benzene rings is 1. The van der Waals surface area contributed by atoms with Crippen LogP contribution in [0.25, 0.3) is 0 Å². The molecule has 204 valence electrons. The summed E-state index contributed by atoms with van der Waals surface area (Å²) in [6, 6.07) is 1.58. The number of nitrogens with zero attached hydrogens (tertiary/aromatic N) is 2. The van der Waals surface area contributed by atoms with Gasteiger partial charge >= 0.3 is 0 Å². The van der Waals surface area contributed by atoms with Crippen molar-refractivity contribution in [2.24, 2.45) is 29.4 Å². The molecule has 4 rings (SSSR count). The van der Waals surface area contributed by atoms with Crippen LogP contribution in [0.1, 0.15) is 46.5 Å². The minimum absolute atomic E-state index is 0.0483. The molecule has 0 aliphatic heterocycles. The fourth-order valence-electron chi connectivity index (χ4n) is 6.36. The van der Waals surface area contributed by atoms with E-state index in [-0.39, 0.29) is 42.3 Å². The van der Waals surface area contributed by atoms with E-state index in [4.69, 9.17) is 5.73 Å². The van der Waals surface area contributed by atoms with Crippen LogP contribution in [0.3, 0.4) is 0 Å². The molecule has 0 spiro atoms. The summed E-state index contributed by atoms with van der Waals surface area (Å²) >= 11 is 0. The first-order valence-corrected chi connectivity index (χ1v) is 12.6. The van der Waals surface area contributed by atoms with Gasteiger partial charge in [0.1, 0.15) is 5.75 Å². The van der Waals surface area contributed by atoms with Gasteiger partial charge in [0.15, 0.2) is 40.4 Å². The molecule has 0 saturated heterocycles. The second-order valence-corrected chi connectivity index (χ2v) is 11.2. The first-order valence-electron chi connectivity index (χ1n) is 12.6.